The Morgan fingerprint density at radius 3 is 1.44 bits per heavy atom. The van der Waals surface area contributed by atoms with Crippen LogP contribution in [0.4, 0.5) is 0 Å². The first-order valence-corrected chi connectivity index (χ1v) is 7.89. The van der Waals surface area contributed by atoms with E-state index in [2.05, 4.69) is 43.3 Å². The highest BCUT2D eigenvalue weighted by atomic mass is 33.1. The minimum Gasteiger partial charge on any atom is -0.759 e. The summed E-state index contributed by atoms with van der Waals surface area (Å²) >= 11 is 0. The van der Waals surface area contributed by atoms with Crippen molar-refractivity contribution in [1.29, 1.82) is 0 Å². The van der Waals surface area contributed by atoms with E-state index in [9.17, 15) is 0 Å². The van der Waals surface area contributed by atoms with Gasteiger partial charge in [0.15, 0.2) is 0 Å². The summed E-state index contributed by atoms with van der Waals surface area (Å²) in [4.78, 5) is 4.47. The van der Waals surface area contributed by atoms with Crippen molar-refractivity contribution in [3.05, 3.63) is 0 Å². The molecule has 2 atom stereocenters. The van der Waals surface area contributed by atoms with E-state index in [0.29, 0.717) is 11.0 Å². The van der Waals surface area contributed by atoms with Gasteiger partial charge in [-0.1, -0.05) is 0 Å². The van der Waals surface area contributed by atoms with Gasteiger partial charge >= 0.3 is 1.43 Å². The zero-order valence-electron chi connectivity index (χ0n) is 10.5. The molecule has 0 aromatic rings. The molecule has 0 radical (unpaired) electrons. The largest absolute Gasteiger partial charge is 1.00 e. The van der Waals surface area contributed by atoms with Crippen LogP contribution >= 0.6 is 21.6 Å². The van der Waals surface area contributed by atoms with Gasteiger partial charge in [-0.05, 0) is 49.8 Å². The Kier molecular flexibility index (Phi) is 7.21. The Hall–Kier alpha value is 0.450. The second-order valence-electron chi connectivity index (χ2n) is 3.50. The minimum absolute atomic E-state index is 0. The molecule has 98 valence electrons. The topological polar surface area (TPSA) is 103 Å². The summed E-state index contributed by atoms with van der Waals surface area (Å²) in [5, 5.41) is 2.37. The molecule has 0 aliphatic carbocycles. The molecule has 1 aliphatic heterocycles. The summed E-state index contributed by atoms with van der Waals surface area (Å²) in [6, 6.07) is 0. The van der Waals surface area contributed by atoms with Crippen LogP contribution in [0.5, 0.6) is 0 Å². The predicted octanol–water partition coefficient (Wildman–Crippen LogP) is -1.59. The first-order chi connectivity index (χ1) is 7.11. The van der Waals surface area contributed by atoms with Gasteiger partial charge in [0.2, 0.25) is 11.0 Å². The third-order valence-corrected chi connectivity index (χ3v) is 4.78. The molecule has 1 aliphatic rings. The lowest BCUT2D eigenvalue weighted by atomic mass is 10.8. The van der Waals surface area contributed by atoms with E-state index in [1.165, 1.54) is 0 Å². The zero-order valence-corrected chi connectivity index (χ0v) is 11.9. The smallest absolute Gasteiger partial charge is 0.759 e. The predicted molar refractivity (Wildman–Crippen MR) is 63.6 cm³/mol. The van der Waals surface area contributed by atoms with Gasteiger partial charge in [0.25, 0.3) is 0 Å². The summed E-state index contributed by atoms with van der Waals surface area (Å²) in [5.41, 5.74) is 1.15. The normalized spacial score (nSPS) is 25.8. The Balaban J connectivity index is 0. The standard InChI is InChI=1S/C6H15N3S2.H2O4S/c1-8(2)5-7-6(9(3)4)11-10-5;1-5(2,3)4/h5-7H,1-4H3;(H2,1,2,3,4). The monoisotopic (exact) mass is 291 g/mol. The Bertz CT molecular complexity index is 279. The molecule has 7 nitrogen and oxygen atoms in total. The van der Waals surface area contributed by atoms with Gasteiger partial charge < -0.3 is 9.11 Å². The lowest BCUT2D eigenvalue weighted by Crippen LogP contribution is -2.95. The summed E-state index contributed by atoms with van der Waals surface area (Å²) < 4.78 is 34.1. The maximum Gasteiger partial charge on any atom is 1.00 e. The van der Waals surface area contributed by atoms with Crippen molar-refractivity contribution >= 4 is 32.0 Å². The average molecular weight is 291 g/mol. The van der Waals surface area contributed by atoms with Crippen LogP contribution < -0.4 is 5.32 Å². The van der Waals surface area contributed by atoms with Crippen LogP contribution in [0.15, 0.2) is 0 Å². The highest BCUT2D eigenvalue weighted by Gasteiger charge is 2.32. The van der Waals surface area contributed by atoms with Gasteiger partial charge in [-0.3, -0.25) is 23.5 Å². The van der Waals surface area contributed by atoms with Crippen LogP contribution in [0.25, 0.3) is 0 Å². The Labute approximate surface area is 105 Å². The average Bonchev–Trinajstić information content (AvgIpc) is 2.47. The summed E-state index contributed by atoms with van der Waals surface area (Å²) in [5.74, 6) is 0. The molecule has 0 amide bonds. The number of hydrogen-bond acceptors (Lipinski definition) is 8. The van der Waals surface area contributed by atoms with Gasteiger partial charge in [-0.15, -0.1) is 0 Å². The highest BCUT2D eigenvalue weighted by Crippen LogP contribution is 2.32. The molecule has 0 saturated carbocycles. The summed E-state index contributed by atoms with van der Waals surface area (Å²) in [7, 11) is 7.17. The van der Waals surface area contributed by atoms with Crippen LogP contribution in [-0.4, -0.2) is 66.5 Å². The van der Waals surface area contributed by atoms with Crippen LogP contribution in [0.2, 0.25) is 0 Å². The lowest BCUT2D eigenvalue weighted by Gasteiger charge is -2.17. The van der Waals surface area contributed by atoms with Crippen molar-refractivity contribution in [2.45, 2.75) is 11.0 Å². The molecule has 1 rings (SSSR count). The van der Waals surface area contributed by atoms with E-state index < -0.39 is 10.4 Å². The van der Waals surface area contributed by atoms with Gasteiger partial charge in [0, 0.05) is 10.4 Å². The van der Waals surface area contributed by atoms with E-state index in [1.807, 2.05) is 21.6 Å². The van der Waals surface area contributed by atoms with Crippen LogP contribution in [-0.2, 0) is 10.4 Å². The highest BCUT2D eigenvalue weighted by molar-refractivity contribution is 8.77. The zero-order chi connectivity index (χ0) is 12.9. The van der Waals surface area contributed by atoms with E-state index in [0.717, 1.165) is 0 Å². The van der Waals surface area contributed by atoms with E-state index in [1.54, 1.807) is 0 Å². The van der Waals surface area contributed by atoms with E-state index in [-0.39, 0.29) is 1.43 Å². The number of rotatable bonds is 2. The van der Waals surface area contributed by atoms with Crippen LogP contribution in [0.1, 0.15) is 1.43 Å². The van der Waals surface area contributed by atoms with Crippen molar-refractivity contribution in [3.8, 4) is 0 Å². The molecule has 2 unspecified atom stereocenters. The number of hydrogen-bond donors (Lipinski definition) is 1. The van der Waals surface area contributed by atoms with Crippen LogP contribution in [0.3, 0.4) is 0 Å². The second-order valence-corrected chi connectivity index (χ2v) is 6.82. The molecule has 10 heteroatoms. The number of nitrogens with zero attached hydrogens (tertiary/aromatic N) is 2. The number of nitrogens with two attached hydrogens (primary N) is 1. The molecule has 1 heterocycles. The maximum absolute atomic E-state index is 8.52. The third-order valence-electron chi connectivity index (χ3n) is 1.60. The third kappa shape index (κ3) is 8.58. The molecule has 0 aromatic carbocycles. The fraction of sp³-hybridized carbons (Fsp3) is 1.00. The van der Waals surface area contributed by atoms with Crippen molar-refractivity contribution in [2.75, 3.05) is 28.2 Å². The molecular weight excluding hydrogens is 274 g/mol. The molecule has 0 spiro atoms. The maximum atomic E-state index is 8.52. The lowest BCUT2D eigenvalue weighted by molar-refractivity contribution is -0.708. The Morgan fingerprint density at radius 2 is 1.31 bits per heavy atom. The van der Waals surface area contributed by atoms with Crippen molar-refractivity contribution in [1.82, 2.24) is 9.80 Å². The van der Waals surface area contributed by atoms with Gasteiger partial charge in [-0.2, -0.15) is 0 Å². The fourth-order valence-electron chi connectivity index (χ4n) is 0.835. The second kappa shape index (κ2) is 7.01. The first kappa shape index (κ1) is 16.4. The van der Waals surface area contributed by atoms with Crippen molar-refractivity contribution in [2.24, 2.45) is 0 Å². The quantitative estimate of drug-likeness (QED) is 0.369. The SMILES string of the molecule is CN(C)C1[NH2+]C(N(C)C)SS1.O=S(=O)([O-])[O-].[H+]. The summed E-state index contributed by atoms with van der Waals surface area (Å²) in [6.07, 6.45) is 0. The molecule has 16 heavy (non-hydrogen) atoms. The van der Waals surface area contributed by atoms with Crippen molar-refractivity contribution < 1.29 is 24.3 Å². The van der Waals surface area contributed by atoms with E-state index in [4.69, 9.17) is 17.5 Å². The molecule has 1 fully saturated rings. The molecule has 1 saturated heterocycles. The van der Waals surface area contributed by atoms with Crippen LogP contribution in [0, 0.1) is 0 Å². The minimum atomic E-state index is -5.17. The fourth-order valence-corrected chi connectivity index (χ4v) is 4.03. The first-order valence-electron chi connectivity index (χ1n) is 4.28. The molecule has 0 bridgehead atoms. The molecular formula is C6H17N3O4S3. The van der Waals surface area contributed by atoms with Gasteiger partial charge in [0.05, 0.1) is 0 Å². The Morgan fingerprint density at radius 1 is 1.06 bits per heavy atom. The summed E-state index contributed by atoms with van der Waals surface area (Å²) in [6.45, 7) is 0. The van der Waals surface area contributed by atoms with Crippen molar-refractivity contribution in [3.63, 3.8) is 0 Å². The van der Waals surface area contributed by atoms with Gasteiger partial charge in [0.1, 0.15) is 0 Å². The van der Waals surface area contributed by atoms with E-state index >= 15 is 0 Å². The number of quaternary nitrogens is 1. The molecule has 2 N–H and O–H groups in total. The van der Waals surface area contributed by atoms with Gasteiger partial charge in [-0.25, -0.2) is 0 Å². The molecule has 0 aromatic heterocycles.